The van der Waals surface area contributed by atoms with E-state index in [-0.39, 0.29) is 24.4 Å². The Hall–Kier alpha value is -3.71. The van der Waals surface area contributed by atoms with Gasteiger partial charge in [0.05, 0.1) is 26.3 Å². The number of isocyanates is 2. The average molecular weight is 523 g/mol. The van der Waals surface area contributed by atoms with Gasteiger partial charge >= 0.3 is 5.97 Å². The SMILES string of the molecule is C=CC(=O)O.O=C=NCCCCCCN=C=O.c1ccc(C(OC(c2ccccc2)C2CO2)C2CO2)cc1. The molecule has 2 saturated heterocycles. The second kappa shape index (κ2) is 18.5. The zero-order valence-corrected chi connectivity index (χ0v) is 21.3. The third kappa shape index (κ3) is 13.0. The lowest BCUT2D eigenvalue weighted by Gasteiger charge is -2.23. The molecule has 0 bridgehead atoms. The number of carboxylic acids is 1. The van der Waals surface area contributed by atoms with Gasteiger partial charge in [0, 0.05) is 6.08 Å². The fourth-order valence-corrected chi connectivity index (χ4v) is 3.49. The van der Waals surface area contributed by atoms with Crippen LogP contribution in [0.5, 0.6) is 0 Å². The molecule has 0 spiro atoms. The summed E-state index contributed by atoms with van der Waals surface area (Å²) in [6.45, 7) is 5.61. The molecule has 2 fully saturated rings. The molecule has 38 heavy (non-hydrogen) atoms. The van der Waals surface area contributed by atoms with Crippen molar-refractivity contribution >= 4 is 18.1 Å². The molecular weight excluding hydrogens is 488 g/mol. The molecule has 2 heterocycles. The van der Waals surface area contributed by atoms with E-state index in [1.807, 2.05) is 36.4 Å². The van der Waals surface area contributed by atoms with Crippen LogP contribution in [0.1, 0.15) is 49.0 Å². The van der Waals surface area contributed by atoms with Crippen LogP contribution >= 0.6 is 0 Å². The maximum absolute atomic E-state index is 9.63. The van der Waals surface area contributed by atoms with Gasteiger partial charge in [-0.25, -0.2) is 24.4 Å². The fraction of sp³-hybridized carbons (Fsp3) is 0.414. The van der Waals surface area contributed by atoms with Gasteiger partial charge in [0.15, 0.2) is 0 Å². The van der Waals surface area contributed by atoms with Crippen molar-refractivity contribution in [3.05, 3.63) is 84.4 Å². The summed E-state index contributed by atoms with van der Waals surface area (Å²) < 4.78 is 17.4. The van der Waals surface area contributed by atoms with Gasteiger partial charge in [-0.2, -0.15) is 0 Å². The van der Waals surface area contributed by atoms with Gasteiger partial charge in [-0.15, -0.1) is 0 Å². The zero-order chi connectivity index (χ0) is 27.4. The van der Waals surface area contributed by atoms with Crippen molar-refractivity contribution < 1.29 is 33.7 Å². The second-order valence-electron chi connectivity index (χ2n) is 8.44. The Morgan fingerprint density at radius 3 is 1.53 bits per heavy atom. The van der Waals surface area contributed by atoms with E-state index >= 15 is 0 Å². The van der Waals surface area contributed by atoms with E-state index in [1.165, 1.54) is 23.3 Å². The Kier molecular flexibility index (Phi) is 14.9. The predicted octanol–water partition coefficient (Wildman–Crippen LogP) is 4.76. The van der Waals surface area contributed by atoms with Crippen LogP contribution in [-0.2, 0) is 28.6 Å². The first kappa shape index (κ1) is 30.5. The van der Waals surface area contributed by atoms with Crippen LogP contribution in [-0.4, -0.2) is 61.7 Å². The first-order chi connectivity index (χ1) is 18.6. The predicted molar refractivity (Wildman–Crippen MR) is 141 cm³/mol. The van der Waals surface area contributed by atoms with Gasteiger partial charge in [-0.3, -0.25) is 0 Å². The first-order valence-electron chi connectivity index (χ1n) is 12.5. The van der Waals surface area contributed by atoms with Crippen LogP contribution in [0.3, 0.4) is 0 Å². The topological polar surface area (TPSA) is 130 Å². The molecule has 2 aromatic carbocycles. The Labute approximate surface area is 222 Å². The summed E-state index contributed by atoms with van der Waals surface area (Å²) in [7, 11) is 0. The third-order valence-electron chi connectivity index (χ3n) is 5.54. The number of aliphatic imine (C=N–C) groups is 2. The van der Waals surface area contributed by atoms with Gasteiger partial charge in [-0.05, 0) is 24.0 Å². The van der Waals surface area contributed by atoms with Crippen molar-refractivity contribution in [1.82, 2.24) is 0 Å². The molecule has 4 unspecified atom stereocenters. The van der Waals surface area contributed by atoms with Gasteiger partial charge in [-0.1, -0.05) is 80.1 Å². The number of carboxylic acid groups (broad SMARTS) is 1. The molecular formula is C29H34N2O7. The molecule has 9 heteroatoms. The van der Waals surface area contributed by atoms with E-state index in [0.29, 0.717) is 13.1 Å². The van der Waals surface area contributed by atoms with Crippen LogP contribution < -0.4 is 0 Å². The highest BCUT2D eigenvalue weighted by Gasteiger charge is 2.41. The van der Waals surface area contributed by atoms with Crippen molar-refractivity contribution in [3.8, 4) is 0 Å². The minimum atomic E-state index is -0.981. The van der Waals surface area contributed by atoms with E-state index < -0.39 is 5.97 Å². The lowest BCUT2D eigenvalue weighted by atomic mass is 10.0. The summed E-state index contributed by atoms with van der Waals surface area (Å²) in [5.74, 6) is -0.981. The van der Waals surface area contributed by atoms with Crippen molar-refractivity contribution in [2.75, 3.05) is 26.3 Å². The molecule has 0 saturated carbocycles. The first-order valence-corrected chi connectivity index (χ1v) is 12.5. The minimum Gasteiger partial charge on any atom is -0.478 e. The number of hydrogen-bond donors (Lipinski definition) is 1. The Bertz CT molecular complexity index is 968. The molecule has 202 valence electrons. The average Bonchev–Trinajstić information content (AvgIpc) is 3.88. The Morgan fingerprint density at radius 2 is 1.24 bits per heavy atom. The summed E-state index contributed by atoms with van der Waals surface area (Å²) in [6.07, 6.45) is 7.91. The van der Waals surface area contributed by atoms with Crippen molar-refractivity contribution in [1.29, 1.82) is 0 Å². The molecule has 0 aromatic heterocycles. The summed E-state index contributed by atoms with van der Waals surface area (Å²) >= 11 is 0. The highest BCUT2D eigenvalue weighted by molar-refractivity contribution is 5.78. The van der Waals surface area contributed by atoms with Crippen molar-refractivity contribution in [2.24, 2.45) is 9.98 Å². The largest absolute Gasteiger partial charge is 0.478 e. The van der Waals surface area contributed by atoms with Gasteiger partial charge in [0.2, 0.25) is 12.2 Å². The third-order valence-corrected chi connectivity index (χ3v) is 5.54. The van der Waals surface area contributed by atoms with Gasteiger partial charge in [0.25, 0.3) is 0 Å². The summed E-state index contributed by atoms with van der Waals surface area (Å²) in [4.78, 5) is 35.3. The number of aliphatic carboxylic acids is 1. The number of rotatable bonds is 14. The Morgan fingerprint density at radius 1 is 0.868 bits per heavy atom. The van der Waals surface area contributed by atoms with Gasteiger partial charge in [0.1, 0.15) is 24.4 Å². The Balaban J connectivity index is 0.000000254. The van der Waals surface area contributed by atoms with E-state index in [0.717, 1.165) is 45.0 Å². The number of epoxide rings is 2. The van der Waals surface area contributed by atoms with Crippen molar-refractivity contribution in [2.45, 2.75) is 50.1 Å². The number of hydrogen-bond acceptors (Lipinski definition) is 8. The number of nitrogens with zero attached hydrogens (tertiary/aromatic N) is 2. The minimum absolute atomic E-state index is 0.0272. The number of benzene rings is 2. The van der Waals surface area contributed by atoms with E-state index in [4.69, 9.17) is 19.3 Å². The molecule has 0 amide bonds. The molecule has 2 aliphatic rings. The van der Waals surface area contributed by atoms with E-state index in [2.05, 4.69) is 40.8 Å². The second-order valence-corrected chi connectivity index (χ2v) is 8.44. The van der Waals surface area contributed by atoms with E-state index in [9.17, 15) is 14.4 Å². The van der Waals surface area contributed by atoms with Crippen LogP contribution in [0.25, 0.3) is 0 Å². The molecule has 4 atom stereocenters. The van der Waals surface area contributed by atoms with E-state index in [1.54, 1.807) is 0 Å². The van der Waals surface area contributed by atoms with Crippen LogP contribution in [0.15, 0.2) is 83.3 Å². The maximum Gasteiger partial charge on any atom is 0.327 e. The summed E-state index contributed by atoms with van der Waals surface area (Å²) in [5, 5.41) is 7.60. The lowest BCUT2D eigenvalue weighted by Crippen LogP contribution is -2.19. The molecule has 4 rings (SSSR count). The number of carbonyl (C=O) groups excluding carboxylic acids is 2. The highest BCUT2D eigenvalue weighted by Crippen LogP contribution is 2.40. The van der Waals surface area contributed by atoms with Crippen LogP contribution in [0.2, 0.25) is 0 Å². The number of ether oxygens (including phenoxy) is 3. The number of carbonyl (C=O) groups is 1. The molecule has 2 aliphatic heterocycles. The quantitative estimate of drug-likeness (QED) is 0.124. The standard InChI is InChI=1S/C18H18O3.C8H12N2O2.C3H4O2/c1-3-7-13(8-4-1)17(15-11-19-15)21-18(16-12-20-16)14-9-5-2-6-10-14;11-7-9-5-3-1-2-4-6-10-8-12;1-2-3(4)5/h1-10,15-18H,11-12H2;1-6H2;2H,1H2,(H,4,5). The molecule has 1 N–H and O–H groups in total. The lowest BCUT2D eigenvalue weighted by molar-refractivity contribution is -0.131. The zero-order valence-electron chi connectivity index (χ0n) is 21.3. The summed E-state index contributed by atoms with van der Waals surface area (Å²) in [5.41, 5.74) is 2.34. The fourth-order valence-electron chi connectivity index (χ4n) is 3.49. The maximum atomic E-state index is 9.63. The molecule has 0 aliphatic carbocycles. The smallest absolute Gasteiger partial charge is 0.327 e. The highest BCUT2D eigenvalue weighted by atomic mass is 16.6. The van der Waals surface area contributed by atoms with Crippen molar-refractivity contribution in [3.63, 3.8) is 0 Å². The summed E-state index contributed by atoms with van der Waals surface area (Å²) in [6, 6.07) is 20.6. The monoisotopic (exact) mass is 522 g/mol. The molecule has 2 aromatic rings. The normalized spacial score (nSPS) is 17.9. The molecule has 0 radical (unpaired) electrons. The van der Waals surface area contributed by atoms with Crippen LogP contribution in [0, 0.1) is 0 Å². The van der Waals surface area contributed by atoms with Gasteiger partial charge < -0.3 is 19.3 Å². The number of unbranched alkanes of at least 4 members (excludes halogenated alkanes) is 3. The molecule has 9 nitrogen and oxygen atoms in total. The van der Waals surface area contributed by atoms with Crippen LogP contribution in [0.4, 0.5) is 0 Å².